The minimum Gasteiger partial charge on any atom is -0.496 e. The van der Waals surface area contributed by atoms with Crippen molar-refractivity contribution in [3.63, 3.8) is 0 Å². The van der Waals surface area contributed by atoms with Gasteiger partial charge in [0.05, 0.1) is 18.6 Å². The molecule has 0 aliphatic carbocycles. The van der Waals surface area contributed by atoms with Crippen LogP contribution in [0.3, 0.4) is 0 Å². The van der Waals surface area contributed by atoms with E-state index >= 15 is 0 Å². The molecule has 6 heteroatoms. The van der Waals surface area contributed by atoms with Gasteiger partial charge in [0.25, 0.3) is 0 Å². The minimum absolute atomic E-state index is 0.171. The molecular formula is C22H31NO4S. The first kappa shape index (κ1) is 22.2. The second kappa shape index (κ2) is 9.94. The molecule has 0 saturated carbocycles. The van der Waals surface area contributed by atoms with Gasteiger partial charge in [-0.25, -0.2) is 13.1 Å². The number of methoxy groups -OCH3 is 1. The van der Waals surface area contributed by atoms with E-state index in [1.54, 1.807) is 26.2 Å². The average Bonchev–Trinajstić information content (AvgIpc) is 2.66. The lowest BCUT2D eigenvalue weighted by atomic mass is 10.0. The van der Waals surface area contributed by atoms with Gasteiger partial charge in [-0.2, -0.15) is 0 Å². The quantitative estimate of drug-likeness (QED) is 0.594. The third kappa shape index (κ3) is 5.72. The summed E-state index contributed by atoms with van der Waals surface area (Å²) in [6.45, 7) is 8.82. The van der Waals surface area contributed by atoms with Crippen molar-refractivity contribution in [3.05, 3.63) is 53.1 Å². The second-order valence-corrected chi connectivity index (χ2v) is 8.83. The molecule has 0 aliphatic rings. The van der Waals surface area contributed by atoms with Crippen LogP contribution in [-0.4, -0.2) is 28.7 Å². The topological polar surface area (TPSA) is 64.6 Å². The van der Waals surface area contributed by atoms with Crippen LogP contribution in [-0.2, 0) is 16.4 Å². The van der Waals surface area contributed by atoms with Crippen molar-refractivity contribution in [1.82, 2.24) is 4.72 Å². The molecule has 2 aromatic carbocycles. The predicted octanol–water partition coefficient (Wildman–Crippen LogP) is 4.44. The molecule has 154 valence electrons. The largest absolute Gasteiger partial charge is 0.496 e. The van der Waals surface area contributed by atoms with Crippen molar-refractivity contribution in [3.8, 4) is 11.5 Å². The number of nitrogens with one attached hydrogen (secondary N) is 1. The van der Waals surface area contributed by atoms with Gasteiger partial charge in [-0.3, -0.25) is 0 Å². The van der Waals surface area contributed by atoms with E-state index in [0.717, 1.165) is 35.5 Å². The Morgan fingerprint density at radius 3 is 2.36 bits per heavy atom. The van der Waals surface area contributed by atoms with E-state index in [9.17, 15) is 8.42 Å². The van der Waals surface area contributed by atoms with Crippen molar-refractivity contribution < 1.29 is 17.9 Å². The van der Waals surface area contributed by atoms with Crippen molar-refractivity contribution >= 4 is 10.0 Å². The van der Waals surface area contributed by atoms with E-state index in [-0.39, 0.29) is 5.92 Å². The lowest BCUT2D eigenvalue weighted by Gasteiger charge is -2.16. The standard InChI is InChI=1S/C22H31NO4S/c1-6-27-19-11-9-18(10-12-19)8-7-13-23-28(24,25)22-15-20(16(2)3)21(26-5)14-17(22)4/h9-12,14-16,23H,6-8,13H2,1-5H3. The number of hydrogen-bond donors (Lipinski definition) is 1. The highest BCUT2D eigenvalue weighted by Gasteiger charge is 2.20. The van der Waals surface area contributed by atoms with Crippen LogP contribution in [0.5, 0.6) is 11.5 Å². The molecule has 0 heterocycles. The van der Waals surface area contributed by atoms with Gasteiger partial charge >= 0.3 is 0 Å². The molecule has 0 fully saturated rings. The van der Waals surface area contributed by atoms with Crippen LogP contribution in [0.1, 0.15) is 49.8 Å². The smallest absolute Gasteiger partial charge is 0.240 e. The van der Waals surface area contributed by atoms with E-state index in [1.807, 2.05) is 45.0 Å². The molecule has 0 unspecified atom stereocenters. The minimum atomic E-state index is -3.57. The third-order valence-electron chi connectivity index (χ3n) is 4.61. The van der Waals surface area contributed by atoms with Gasteiger partial charge in [0, 0.05) is 6.54 Å². The Bertz CT molecular complexity index is 874. The Kier molecular flexibility index (Phi) is 7.89. The van der Waals surface area contributed by atoms with Crippen LogP contribution in [0.15, 0.2) is 41.3 Å². The maximum atomic E-state index is 12.8. The highest BCUT2D eigenvalue weighted by molar-refractivity contribution is 7.89. The molecule has 0 aromatic heterocycles. The fourth-order valence-corrected chi connectivity index (χ4v) is 4.42. The molecule has 0 amide bonds. The zero-order valence-electron chi connectivity index (χ0n) is 17.4. The molecule has 28 heavy (non-hydrogen) atoms. The van der Waals surface area contributed by atoms with Crippen molar-refractivity contribution in [1.29, 1.82) is 0 Å². The van der Waals surface area contributed by atoms with E-state index in [4.69, 9.17) is 9.47 Å². The molecule has 1 N–H and O–H groups in total. The SMILES string of the molecule is CCOc1ccc(CCCNS(=O)(=O)c2cc(C(C)C)c(OC)cc2C)cc1. The molecule has 0 atom stereocenters. The summed E-state index contributed by atoms with van der Waals surface area (Å²) >= 11 is 0. The monoisotopic (exact) mass is 405 g/mol. The number of ether oxygens (including phenoxy) is 2. The Labute approximate surface area is 169 Å². The molecule has 2 rings (SSSR count). The van der Waals surface area contributed by atoms with E-state index in [2.05, 4.69) is 4.72 Å². The average molecular weight is 406 g/mol. The Morgan fingerprint density at radius 2 is 1.79 bits per heavy atom. The zero-order valence-corrected chi connectivity index (χ0v) is 18.2. The molecule has 0 bridgehead atoms. The van der Waals surface area contributed by atoms with Crippen LogP contribution in [0.25, 0.3) is 0 Å². The van der Waals surface area contributed by atoms with Crippen LogP contribution >= 0.6 is 0 Å². The van der Waals surface area contributed by atoms with Crippen LogP contribution in [0.4, 0.5) is 0 Å². The maximum absolute atomic E-state index is 12.8. The molecule has 0 saturated heterocycles. The Hall–Kier alpha value is -2.05. The highest BCUT2D eigenvalue weighted by Crippen LogP contribution is 2.31. The number of sulfonamides is 1. The van der Waals surface area contributed by atoms with Crippen LogP contribution in [0.2, 0.25) is 0 Å². The molecular weight excluding hydrogens is 374 g/mol. The summed E-state index contributed by atoms with van der Waals surface area (Å²) in [6.07, 6.45) is 1.52. The predicted molar refractivity (Wildman–Crippen MR) is 113 cm³/mol. The van der Waals surface area contributed by atoms with Gasteiger partial charge in [0.2, 0.25) is 10.0 Å². The Morgan fingerprint density at radius 1 is 1.11 bits per heavy atom. The first-order chi connectivity index (χ1) is 13.3. The molecule has 0 radical (unpaired) electrons. The van der Waals surface area contributed by atoms with E-state index in [0.29, 0.717) is 23.6 Å². The highest BCUT2D eigenvalue weighted by atomic mass is 32.2. The summed E-state index contributed by atoms with van der Waals surface area (Å²) in [5, 5.41) is 0. The van der Waals surface area contributed by atoms with Gasteiger partial charge in [0.15, 0.2) is 0 Å². The number of rotatable bonds is 10. The van der Waals surface area contributed by atoms with Gasteiger partial charge < -0.3 is 9.47 Å². The number of hydrogen-bond acceptors (Lipinski definition) is 4. The van der Waals surface area contributed by atoms with Crippen LogP contribution in [0, 0.1) is 6.92 Å². The number of benzene rings is 2. The van der Waals surface area contributed by atoms with Crippen LogP contribution < -0.4 is 14.2 Å². The first-order valence-electron chi connectivity index (χ1n) is 9.68. The molecule has 5 nitrogen and oxygen atoms in total. The van der Waals surface area contributed by atoms with Gasteiger partial charge in [-0.05, 0) is 73.6 Å². The first-order valence-corrected chi connectivity index (χ1v) is 11.2. The van der Waals surface area contributed by atoms with Crippen molar-refractivity contribution in [2.24, 2.45) is 0 Å². The fourth-order valence-electron chi connectivity index (χ4n) is 3.09. The normalized spacial score (nSPS) is 11.6. The van der Waals surface area contributed by atoms with Crippen molar-refractivity contribution in [2.75, 3.05) is 20.3 Å². The zero-order chi connectivity index (χ0) is 20.7. The summed E-state index contributed by atoms with van der Waals surface area (Å²) < 4.78 is 39.1. The van der Waals surface area contributed by atoms with Gasteiger partial charge in [-0.15, -0.1) is 0 Å². The van der Waals surface area contributed by atoms with E-state index < -0.39 is 10.0 Å². The maximum Gasteiger partial charge on any atom is 0.240 e. The molecule has 0 aliphatic heterocycles. The summed E-state index contributed by atoms with van der Waals surface area (Å²) in [7, 11) is -1.96. The summed E-state index contributed by atoms with van der Waals surface area (Å²) in [6, 6.07) is 11.4. The fraction of sp³-hybridized carbons (Fsp3) is 0.455. The van der Waals surface area contributed by atoms with Gasteiger partial charge in [0.1, 0.15) is 11.5 Å². The Balaban J connectivity index is 2.01. The second-order valence-electron chi connectivity index (χ2n) is 7.09. The summed E-state index contributed by atoms with van der Waals surface area (Å²) in [5.41, 5.74) is 2.73. The lowest BCUT2D eigenvalue weighted by Crippen LogP contribution is -2.26. The third-order valence-corrected chi connectivity index (χ3v) is 6.21. The molecule has 0 spiro atoms. The molecule has 2 aromatic rings. The summed E-state index contributed by atoms with van der Waals surface area (Å²) in [5.74, 6) is 1.74. The van der Waals surface area contributed by atoms with E-state index in [1.165, 1.54) is 0 Å². The summed E-state index contributed by atoms with van der Waals surface area (Å²) in [4.78, 5) is 0.318. The van der Waals surface area contributed by atoms with Gasteiger partial charge in [-0.1, -0.05) is 26.0 Å². The lowest BCUT2D eigenvalue weighted by molar-refractivity contribution is 0.340. The number of aryl methyl sites for hydroxylation is 2. The van der Waals surface area contributed by atoms with Crippen molar-refractivity contribution in [2.45, 2.75) is 51.3 Å².